The largest absolute Gasteiger partial charge is 0.495 e. The number of aromatic nitrogens is 2. The van der Waals surface area contributed by atoms with Crippen molar-refractivity contribution in [3.8, 4) is 5.75 Å². The first-order chi connectivity index (χ1) is 18.3. The quantitative estimate of drug-likeness (QED) is 0.497. The second-order valence-electron chi connectivity index (χ2n) is 11.1. The lowest BCUT2D eigenvalue weighted by Crippen LogP contribution is -2.43. The summed E-state index contributed by atoms with van der Waals surface area (Å²) in [7, 11) is 1.57. The van der Waals surface area contributed by atoms with Crippen molar-refractivity contribution in [1.82, 2.24) is 15.3 Å². The van der Waals surface area contributed by atoms with Crippen LogP contribution in [0.25, 0.3) is 0 Å². The molecule has 5 rings (SSSR count). The molecule has 10 nitrogen and oxygen atoms in total. The molecule has 10 heteroatoms. The number of carbonyl (C=O) groups is 2. The number of benzene rings is 1. The van der Waals surface area contributed by atoms with Gasteiger partial charge < -0.3 is 30.3 Å². The number of amides is 2. The molecule has 1 aromatic carbocycles. The second kappa shape index (κ2) is 11.1. The van der Waals surface area contributed by atoms with Crippen molar-refractivity contribution in [2.75, 3.05) is 48.9 Å². The lowest BCUT2D eigenvalue weighted by Gasteiger charge is -2.34. The number of carbonyl (C=O) groups excluding carboxylic acids is 2. The zero-order valence-corrected chi connectivity index (χ0v) is 22.5. The lowest BCUT2D eigenvalue weighted by molar-refractivity contribution is -0.123. The van der Waals surface area contributed by atoms with E-state index in [4.69, 9.17) is 14.5 Å². The van der Waals surface area contributed by atoms with Crippen LogP contribution in [0.5, 0.6) is 5.75 Å². The van der Waals surface area contributed by atoms with Crippen molar-refractivity contribution >= 4 is 35.0 Å². The van der Waals surface area contributed by atoms with Crippen molar-refractivity contribution in [3.05, 3.63) is 30.0 Å². The van der Waals surface area contributed by atoms with Crippen LogP contribution in [-0.2, 0) is 9.53 Å². The van der Waals surface area contributed by atoms with Crippen LogP contribution in [-0.4, -0.2) is 61.2 Å². The molecule has 1 saturated carbocycles. The maximum Gasteiger partial charge on any atom is 0.251 e. The fourth-order valence-corrected chi connectivity index (χ4v) is 5.47. The van der Waals surface area contributed by atoms with Crippen LogP contribution in [0, 0.1) is 11.3 Å². The highest BCUT2D eigenvalue weighted by molar-refractivity contribution is 5.99. The molecule has 0 radical (unpaired) electrons. The number of methoxy groups -OCH3 is 1. The van der Waals surface area contributed by atoms with Gasteiger partial charge in [0.2, 0.25) is 11.9 Å². The van der Waals surface area contributed by atoms with Crippen molar-refractivity contribution in [1.29, 1.82) is 0 Å². The Labute approximate surface area is 223 Å². The highest BCUT2D eigenvalue weighted by Gasteiger charge is 2.39. The number of fused-ring (bicyclic) bond motifs is 1. The van der Waals surface area contributed by atoms with Gasteiger partial charge in [-0.2, -0.15) is 4.98 Å². The fourth-order valence-electron chi connectivity index (χ4n) is 5.47. The Kier molecular flexibility index (Phi) is 7.69. The van der Waals surface area contributed by atoms with Gasteiger partial charge >= 0.3 is 0 Å². The van der Waals surface area contributed by atoms with Crippen LogP contribution in [0.3, 0.4) is 0 Å². The number of hydrogen-bond acceptors (Lipinski definition) is 8. The van der Waals surface area contributed by atoms with Crippen LogP contribution in [0.4, 0.5) is 23.1 Å². The number of hydrogen-bond donors (Lipinski definition) is 3. The average molecular weight is 523 g/mol. The minimum absolute atomic E-state index is 0.0316. The summed E-state index contributed by atoms with van der Waals surface area (Å²) in [6.45, 7) is 6.67. The molecule has 0 bridgehead atoms. The zero-order valence-electron chi connectivity index (χ0n) is 22.5. The van der Waals surface area contributed by atoms with E-state index in [9.17, 15) is 9.59 Å². The molecule has 2 fully saturated rings. The summed E-state index contributed by atoms with van der Waals surface area (Å²) < 4.78 is 11.0. The van der Waals surface area contributed by atoms with Crippen LogP contribution >= 0.6 is 0 Å². The summed E-state index contributed by atoms with van der Waals surface area (Å²) in [6, 6.07) is 5.63. The molecule has 0 spiro atoms. The zero-order chi connectivity index (χ0) is 26.7. The molecule has 2 amide bonds. The van der Waals surface area contributed by atoms with Gasteiger partial charge in [-0.25, -0.2) is 4.98 Å². The molecule has 1 saturated heterocycles. The number of rotatable bonds is 7. The van der Waals surface area contributed by atoms with Crippen LogP contribution in [0.2, 0.25) is 0 Å². The van der Waals surface area contributed by atoms with Crippen molar-refractivity contribution < 1.29 is 19.1 Å². The summed E-state index contributed by atoms with van der Waals surface area (Å²) in [5, 5.41) is 9.32. The van der Waals surface area contributed by atoms with Crippen molar-refractivity contribution in [3.63, 3.8) is 0 Å². The van der Waals surface area contributed by atoms with Crippen LogP contribution < -0.4 is 25.6 Å². The summed E-state index contributed by atoms with van der Waals surface area (Å²) >= 11 is 0. The lowest BCUT2D eigenvalue weighted by atomic mass is 9.91. The normalized spacial score (nSPS) is 19.9. The van der Waals surface area contributed by atoms with Gasteiger partial charge in [-0.15, -0.1) is 0 Å². The van der Waals surface area contributed by atoms with E-state index in [-0.39, 0.29) is 11.8 Å². The first kappa shape index (κ1) is 26.2. The molecular weight excluding hydrogens is 484 g/mol. The third-order valence-corrected chi connectivity index (χ3v) is 7.84. The summed E-state index contributed by atoms with van der Waals surface area (Å²) in [5.74, 6) is 1.93. The Morgan fingerprint density at radius 3 is 2.71 bits per heavy atom. The molecule has 38 heavy (non-hydrogen) atoms. The van der Waals surface area contributed by atoms with Gasteiger partial charge in [-0.05, 0) is 63.6 Å². The van der Waals surface area contributed by atoms with Gasteiger partial charge in [0.25, 0.3) is 5.91 Å². The Balaban J connectivity index is 1.34. The predicted molar refractivity (Wildman–Crippen MR) is 146 cm³/mol. The van der Waals surface area contributed by atoms with Gasteiger partial charge in [0.15, 0.2) is 5.82 Å². The molecule has 3 heterocycles. The first-order valence-corrected chi connectivity index (χ1v) is 13.6. The molecule has 0 unspecified atom stereocenters. The highest BCUT2D eigenvalue weighted by atomic mass is 16.5. The molecule has 0 atom stereocenters. The number of ether oxygens (including phenoxy) is 2. The van der Waals surface area contributed by atoms with E-state index in [0.29, 0.717) is 53.7 Å². The molecule has 1 aliphatic carbocycles. The molecule has 2 aromatic rings. The fraction of sp³-hybridized carbons (Fsp3) is 0.571. The smallest absolute Gasteiger partial charge is 0.251 e. The Hall–Kier alpha value is -3.40. The van der Waals surface area contributed by atoms with Gasteiger partial charge in [0, 0.05) is 37.9 Å². The minimum Gasteiger partial charge on any atom is -0.495 e. The molecule has 3 N–H and O–H groups in total. The summed E-state index contributed by atoms with van der Waals surface area (Å²) in [5.41, 5.74) is 1.25. The standard InChI is InChI=1S/C28H38N6O4/c1-28(2)17-34(20-6-4-5-7-20)24-22(31-26(28)36)16-30-27(33-24)32-21-9-8-19(14-23(21)37-3)25(35)29-15-18-10-12-38-13-11-18/h8-9,14,16,18,20H,4-7,10-13,15,17H2,1-3H3,(H,29,35)(H,31,36)(H,30,32,33). The topological polar surface area (TPSA) is 118 Å². The number of nitrogens with one attached hydrogen (secondary N) is 3. The van der Waals surface area contributed by atoms with Crippen LogP contribution in [0.1, 0.15) is 62.7 Å². The maximum absolute atomic E-state index is 12.9. The van der Waals surface area contributed by atoms with E-state index in [1.165, 1.54) is 12.8 Å². The van der Waals surface area contributed by atoms with E-state index >= 15 is 0 Å². The molecule has 204 valence electrons. The summed E-state index contributed by atoms with van der Waals surface area (Å²) in [6.07, 6.45) is 8.13. The molecule has 3 aliphatic rings. The first-order valence-electron chi connectivity index (χ1n) is 13.6. The SMILES string of the molecule is COc1cc(C(=O)NCC2CCOCC2)ccc1Nc1ncc2c(n1)N(C1CCCC1)CC(C)(C)C(=O)N2. The van der Waals surface area contributed by atoms with Gasteiger partial charge in [0.1, 0.15) is 11.4 Å². The van der Waals surface area contributed by atoms with E-state index in [2.05, 4.69) is 25.8 Å². The van der Waals surface area contributed by atoms with E-state index < -0.39 is 5.41 Å². The monoisotopic (exact) mass is 522 g/mol. The van der Waals surface area contributed by atoms with E-state index in [1.807, 2.05) is 13.8 Å². The Bertz CT molecular complexity index is 1170. The van der Waals surface area contributed by atoms with E-state index in [0.717, 1.165) is 44.7 Å². The highest BCUT2D eigenvalue weighted by Crippen LogP contribution is 2.38. The maximum atomic E-state index is 12.9. The van der Waals surface area contributed by atoms with Crippen molar-refractivity contribution in [2.45, 2.75) is 58.4 Å². The summed E-state index contributed by atoms with van der Waals surface area (Å²) in [4.78, 5) is 37.3. The van der Waals surface area contributed by atoms with Gasteiger partial charge in [-0.3, -0.25) is 9.59 Å². The van der Waals surface area contributed by atoms with Gasteiger partial charge in [-0.1, -0.05) is 12.8 Å². The average Bonchev–Trinajstić information content (AvgIpc) is 3.44. The molecule has 2 aliphatic heterocycles. The second-order valence-corrected chi connectivity index (χ2v) is 11.1. The third kappa shape index (κ3) is 5.70. The molecular formula is C28H38N6O4. The van der Waals surface area contributed by atoms with Gasteiger partial charge in [0.05, 0.1) is 24.4 Å². The number of anilines is 4. The van der Waals surface area contributed by atoms with Crippen LogP contribution in [0.15, 0.2) is 24.4 Å². The Morgan fingerprint density at radius 2 is 1.97 bits per heavy atom. The predicted octanol–water partition coefficient (Wildman–Crippen LogP) is 4.11. The third-order valence-electron chi connectivity index (χ3n) is 7.84. The Morgan fingerprint density at radius 1 is 1.21 bits per heavy atom. The van der Waals surface area contributed by atoms with E-state index in [1.54, 1.807) is 31.5 Å². The number of nitrogens with zero attached hydrogens (tertiary/aromatic N) is 3. The minimum atomic E-state index is -0.554. The molecule has 1 aromatic heterocycles. The van der Waals surface area contributed by atoms with Crippen molar-refractivity contribution in [2.24, 2.45) is 11.3 Å².